The number of nitrogen functional groups attached to an aromatic ring is 1. The summed E-state index contributed by atoms with van der Waals surface area (Å²) in [5.41, 5.74) is 7.77. The Morgan fingerprint density at radius 2 is 1.89 bits per heavy atom. The Kier molecular flexibility index (Phi) is 12.1. The van der Waals surface area contributed by atoms with Crippen molar-refractivity contribution in [2.45, 2.75) is 103 Å². The molecule has 4 aromatic rings. The van der Waals surface area contributed by atoms with E-state index in [4.69, 9.17) is 20.1 Å². The molecule has 2 aliphatic rings. The van der Waals surface area contributed by atoms with E-state index in [1.807, 2.05) is 11.5 Å². The van der Waals surface area contributed by atoms with E-state index >= 15 is 0 Å². The number of ether oxygens (including phenoxy) is 1. The number of nitrogens with one attached hydrogen (secondary N) is 2. The highest BCUT2D eigenvalue weighted by atomic mass is 16.6. The number of rotatable bonds is 16. The van der Waals surface area contributed by atoms with Crippen molar-refractivity contribution in [3.05, 3.63) is 46.8 Å². The van der Waals surface area contributed by atoms with Gasteiger partial charge in [0, 0.05) is 25.9 Å². The van der Waals surface area contributed by atoms with Gasteiger partial charge >= 0.3 is 0 Å². The fraction of sp³-hybridized carbons (Fsp3) is 0.462. The van der Waals surface area contributed by atoms with E-state index < -0.39 is 35.3 Å². The van der Waals surface area contributed by atoms with Crippen LogP contribution in [0, 0.1) is 11.8 Å². The highest BCUT2D eigenvalue weighted by Gasteiger charge is 2.45. The van der Waals surface area contributed by atoms with Gasteiger partial charge < -0.3 is 25.5 Å². The number of aliphatic hydroxyl groups is 1. The van der Waals surface area contributed by atoms with E-state index in [0.717, 1.165) is 37.0 Å². The molecule has 1 aromatic carbocycles. The number of aryl methyl sites for hydroxylation is 2. The van der Waals surface area contributed by atoms with Crippen LogP contribution >= 0.6 is 0 Å². The summed E-state index contributed by atoms with van der Waals surface area (Å²) >= 11 is 0. The van der Waals surface area contributed by atoms with Gasteiger partial charge in [0.2, 0.25) is 17.7 Å². The van der Waals surface area contributed by atoms with Crippen molar-refractivity contribution in [1.82, 2.24) is 40.4 Å². The van der Waals surface area contributed by atoms with Crippen molar-refractivity contribution < 1.29 is 38.4 Å². The summed E-state index contributed by atoms with van der Waals surface area (Å²) in [6.07, 6.45) is 7.40. The molecule has 0 saturated carbocycles. The van der Waals surface area contributed by atoms with Gasteiger partial charge in [0.05, 0.1) is 23.9 Å². The Morgan fingerprint density at radius 1 is 1.11 bits per heavy atom. The number of nitrogens with zero attached hydrogens (tertiary/aromatic N) is 6. The minimum atomic E-state index is -1.23. The number of fused-ring (bicyclic) bond motifs is 2. The van der Waals surface area contributed by atoms with Gasteiger partial charge in [0.25, 0.3) is 11.8 Å². The van der Waals surface area contributed by atoms with Gasteiger partial charge in [-0.3, -0.25) is 34.2 Å². The maximum atomic E-state index is 13.3. The second-order valence-corrected chi connectivity index (χ2v) is 14.3. The number of imide groups is 2. The van der Waals surface area contributed by atoms with Gasteiger partial charge in [-0.2, -0.15) is 0 Å². The normalized spacial score (nSPS) is 15.5. The molecule has 17 heteroatoms. The molecule has 0 aliphatic carbocycles. The first-order valence-corrected chi connectivity index (χ1v) is 18.8. The lowest BCUT2D eigenvalue weighted by Gasteiger charge is -2.27. The summed E-state index contributed by atoms with van der Waals surface area (Å²) in [6, 6.07) is 4.04. The summed E-state index contributed by atoms with van der Waals surface area (Å²) in [5.74, 6) is 4.57. The molecule has 5 N–H and O–H groups in total. The topological polar surface area (TPSA) is 238 Å². The minimum Gasteiger partial charge on any atom is -0.490 e. The van der Waals surface area contributed by atoms with Crippen molar-refractivity contribution in [2.24, 2.45) is 0 Å². The number of imidazole rings is 1. The maximum absolute atomic E-state index is 13.3. The fourth-order valence-corrected chi connectivity index (χ4v) is 6.85. The second kappa shape index (κ2) is 17.1. The van der Waals surface area contributed by atoms with Crippen LogP contribution in [-0.2, 0) is 27.3 Å². The number of benzene rings is 1. The third kappa shape index (κ3) is 8.70. The lowest BCUT2D eigenvalue weighted by Crippen LogP contribution is -2.54. The number of hydrogen-bond acceptors (Lipinski definition) is 13. The predicted octanol–water partition coefficient (Wildman–Crippen LogP) is 3.08. The van der Waals surface area contributed by atoms with Crippen LogP contribution < -0.4 is 21.1 Å². The molecular weight excluding hydrogens is 722 g/mol. The van der Waals surface area contributed by atoms with Gasteiger partial charge in [-0.1, -0.05) is 37.3 Å². The number of piperidine rings is 1. The molecule has 1 unspecified atom stereocenters. The number of anilines is 1. The average Bonchev–Trinajstić information content (AvgIpc) is 3.84. The monoisotopic (exact) mass is 767 g/mol. The molecular formula is C39H45N9O8. The van der Waals surface area contributed by atoms with E-state index in [9.17, 15) is 29.1 Å². The van der Waals surface area contributed by atoms with E-state index in [2.05, 4.69) is 37.8 Å². The molecule has 6 rings (SSSR count). The lowest BCUT2D eigenvalue weighted by molar-refractivity contribution is -0.136. The summed E-state index contributed by atoms with van der Waals surface area (Å²) in [4.78, 5) is 73.0. The number of nitrogens with two attached hydrogens (primary N) is 1. The molecule has 0 radical (unpaired) electrons. The molecule has 1 fully saturated rings. The van der Waals surface area contributed by atoms with Crippen molar-refractivity contribution in [1.29, 1.82) is 0 Å². The van der Waals surface area contributed by atoms with Crippen LogP contribution in [0.4, 0.5) is 5.82 Å². The number of hydrogen-bond donors (Lipinski definition) is 4. The van der Waals surface area contributed by atoms with Gasteiger partial charge in [0.15, 0.2) is 23.1 Å². The van der Waals surface area contributed by atoms with Gasteiger partial charge in [-0.05, 0) is 80.7 Å². The molecule has 5 amide bonds. The Hall–Kier alpha value is -6.15. The molecule has 5 heterocycles. The number of carbonyl (C=O) groups is 5. The standard InChI is InChI=1S/C39H45N9O8/c1-4-47-33-27(22-42-25(18-19-39(2,3)54)31(33)44-35(47)32-34(40)46-56-45-32)55-21-9-7-5-6-8-15-28(49)41-20-11-13-23-12-10-14-24-30(23)38(53)48(37(24)52)26-16-17-29(50)43-36(26)51/h10,12,14,22,26,54H,4-9,11,13,15-17,20-21H2,1-3H3,(H2,40,46)(H,41,49)(H,43,50,51). The molecule has 56 heavy (non-hydrogen) atoms. The number of aromatic nitrogens is 5. The molecule has 0 spiro atoms. The zero-order valence-electron chi connectivity index (χ0n) is 31.6. The molecule has 1 saturated heterocycles. The van der Waals surface area contributed by atoms with Crippen molar-refractivity contribution in [3.8, 4) is 29.1 Å². The third-order valence-electron chi connectivity index (χ3n) is 9.57. The SMILES string of the molecule is CCn1c(-c2nonc2N)nc2c(C#CC(C)(C)O)ncc(OCCCCCCCC(=O)NCCCc3cccc4c3C(=O)N(C3CCC(=O)NC3=O)C4=O)c21. The van der Waals surface area contributed by atoms with Crippen LogP contribution in [0.2, 0.25) is 0 Å². The molecule has 0 bridgehead atoms. The van der Waals surface area contributed by atoms with Gasteiger partial charge in [0.1, 0.15) is 28.4 Å². The van der Waals surface area contributed by atoms with Gasteiger partial charge in [-0.15, -0.1) is 0 Å². The number of carbonyl (C=O) groups excluding carboxylic acids is 5. The smallest absolute Gasteiger partial charge is 0.262 e. The fourth-order valence-electron chi connectivity index (χ4n) is 6.85. The molecule has 2 aliphatic heterocycles. The Balaban J connectivity index is 0.927. The van der Waals surface area contributed by atoms with Crippen LogP contribution in [0.5, 0.6) is 5.75 Å². The van der Waals surface area contributed by atoms with Crippen LogP contribution in [0.1, 0.15) is 111 Å². The first-order chi connectivity index (χ1) is 26.9. The zero-order chi connectivity index (χ0) is 40.0. The van der Waals surface area contributed by atoms with E-state index in [0.29, 0.717) is 72.8 Å². The van der Waals surface area contributed by atoms with Crippen LogP contribution in [0.3, 0.4) is 0 Å². The minimum absolute atomic E-state index is 0.0517. The predicted molar refractivity (Wildman–Crippen MR) is 202 cm³/mol. The summed E-state index contributed by atoms with van der Waals surface area (Å²) < 4.78 is 12.9. The summed E-state index contributed by atoms with van der Waals surface area (Å²) in [7, 11) is 0. The third-order valence-corrected chi connectivity index (χ3v) is 9.57. The zero-order valence-corrected chi connectivity index (χ0v) is 31.6. The van der Waals surface area contributed by atoms with E-state index in [1.54, 1.807) is 38.2 Å². The van der Waals surface area contributed by atoms with Crippen LogP contribution in [0.25, 0.3) is 22.6 Å². The Bertz CT molecular complexity index is 2230. The van der Waals surface area contributed by atoms with Crippen molar-refractivity contribution >= 4 is 46.4 Å². The molecule has 17 nitrogen and oxygen atoms in total. The van der Waals surface area contributed by atoms with Crippen LogP contribution in [0.15, 0.2) is 29.0 Å². The van der Waals surface area contributed by atoms with Gasteiger partial charge in [-0.25, -0.2) is 14.6 Å². The van der Waals surface area contributed by atoms with Crippen LogP contribution in [-0.4, -0.2) is 89.2 Å². The number of amides is 5. The van der Waals surface area contributed by atoms with Crippen molar-refractivity contribution in [3.63, 3.8) is 0 Å². The lowest BCUT2D eigenvalue weighted by atomic mass is 9.99. The van der Waals surface area contributed by atoms with E-state index in [-0.39, 0.29) is 41.4 Å². The molecule has 294 valence electrons. The first kappa shape index (κ1) is 39.5. The highest BCUT2D eigenvalue weighted by molar-refractivity contribution is 6.24. The first-order valence-electron chi connectivity index (χ1n) is 18.8. The number of unbranched alkanes of at least 4 members (excludes halogenated alkanes) is 4. The average molecular weight is 768 g/mol. The summed E-state index contributed by atoms with van der Waals surface area (Å²) in [6.45, 7) is 6.47. The largest absolute Gasteiger partial charge is 0.490 e. The summed E-state index contributed by atoms with van der Waals surface area (Å²) in [5, 5.41) is 22.9. The quantitative estimate of drug-likeness (QED) is 0.0730. The molecule has 1 atom stereocenters. The molecule has 3 aromatic heterocycles. The highest BCUT2D eigenvalue weighted by Crippen LogP contribution is 2.34. The number of pyridine rings is 1. The Labute approximate surface area is 322 Å². The Morgan fingerprint density at radius 3 is 2.62 bits per heavy atom. The second-order valence-electron chi connectivity index (χ2n) is 14.3. The maximum Gasteiger partial charge on any atom is 0.262 e. The van der Waals surface area contributed by atoms with Crippen molar-refractivity contribution in [2.75, 3.05) is 18.9 Å². The van der Waals surface area contributed by atoms with E-state index in [1.165, 1.54) is 0 Å².